The third kappa shape index (κ3) is 3.36. The lowest BCUT2D eigenvalue weighted by Crippen LogP contribution is -2.52. The lowest BCUT2D eigenvalue weighted by molar-refractivity contribution is -0.528. The fraction of sp³-hybridized carbons (Fsp3) is 0.467. The molecule has 1 heterocycles. The van der Waals surface area contributed by atoms with Crippen LogP contribution in [-0.2, 0) is 4.79 Å². The molecule has 0 bridgehead atoms. The molecular weight excluding hydrogens is 314 g/mol. The summed E-state index contributed by atoms with van der Waals surface area (Å²) in [6, 6.07) is 7.30. The number of hydrazine groups is 2. The zero-order valence-corrected chi connectivity index (χ0v) is 12.9. The Labute approximate surface area is 138 Å². The lowest BCUT2D eigenvalue weighted by Gasteiger charge is -2.28. The maximum atomic E-state index is 12.3. The number of carbonyl (C=O) groups excluding carboxylic acids is 2. The van der Waals surface area contributed by atoms with Crippen molar-refractivity contribution in [2.24, 2.45) is 5.92 Å². The largest absolute Gasteiger partial charge is 0.271 e. The highest BCUT2D eigenvalue weighted by Crippen LogP contribution is 2.31. The Bertz CT molecular complexity index is 638. The minimum atomic E-state index is -0.623. The van der Waals surface area contributed by atoms with Gasteiger partial charge in [0.1, 0.15) is 6.04 Å². The van der Waals surface area contributed by atoms with Gasteiger partial charge in [-0.05, 0) is 18.6 Å². The molecule has 4 N–H and O–H groups in total. The van der Waals surface area contributed by atoms with Gasteiger partial charge in [-0.25, -0.2) is 5.43 Å². The van der Waals surface area contributed by atoms with Crippen molar-refractivity contribution in [3.8, 4) is 0 Å². The van der Waals surface area contributed by atoms with Crippen molar-refractivity contribution >= 4 is 11.8 Å². The highest BCUT2D eigenvalue weighted by Gasteiger charge is 2.46. The molecule has 4 unspecified atom stereocenters. The molecule has 1 aromatic carbocycles. The van der Waals surface area contributed by atoms with E-state index in [1.807, 2.05) is 0 Å². The van der Waals surface area contributed by atoms with E-state index in [1.165, 1.54) is 0 Å². The Hall–Kier alpha value is -2.52. The molecule has 2 aliphatic rings. The summed E-state index contributed by atoms with van der Waals surface area (Å²) in [5.74, 6) is -1.01. The Kier molecular flexibility index (Phi) is 4.72. The van der Waals surface area contributed by atoms with Crippen molar-refractivity contribution in [1.29, 1.82) is 0 Å². The molecule has 1 saturated heterocycles. The highest BCUT2D eigenvalue weighted by molar-refractivity contribution is 5.95. The van der Waals surface area contributed by atoms with Crippen LogP contribution in [0.4, 0.5) is 0 Å². The maximum Gasteiger partial charge on any atom is 0.269 e. The number of benzene rings is 1. The van der Waals surface area contributed by atoms with E-state index < -0.39 is 23.9 Å². The zero-order chi connectivity index (χ0) is 17.1. The number of fused-ring (bicyclic) bond motifs is 1. The molecule has 9 nitrogen and oxygen atoms in total. The van der Waals surface area contributed by atoms with Gasteiger partial charge >= 0.3 is 0 Å². The van der Waals surface area contributed by atoms with Crippen LogP contribution in [0.25, 0.3) is 0 Å². The fourth-order valence-corrected chi connectivity index (χ4v) is 3.34. The van der Waals surface area contributed by atoms with Gasteiger partial charge in [0.15, 0.2) is 0 Å². The van der Waals surface area contributed by atoms with Crippen LogP contribution >= 0.6 is 0 Å². The summed E-state index contributed by atoms with van der Waals surface area (Å²) in [6.07, 6.45) is 1.48. The number of nitro groups is 1. The number of hydrogen-bond donors (Lipinski definition) is 4. The van der Waals surface area contributed by atoms with Crippen molar-refractivity contribution in [3.63, 3.8) is 0 Å². The van der Waals surface area contributed by atoms with E-state index in [1.54, 1.807) is 30.3 Å². The molecule has 1 aromatic rings. The normalized spacial score (nSPS) is 28.7. The zero-order valence-electron chi connectivity index (χ0n) is 12.9. The average Bonchev–Trinajstić information content (AvgIpc) is 3.03. The number of amides is 2. The van der Waals surface area contributed by atoms with Crippen LogP contribution in [0.1, 0.15) is 29.6 Å². The summed E-state index contributed by atoms with van der Waals surface area (Å²) in [4.78, 5) is 35.0. The minimum Gasteiger partial charge on any atom is -0.271 e. The summed E-state index contributed by atoms with van der Waals surface area (Å²) in [7, 11) is 0. The van der Waals surface area contributed by atoms with Crippen molar-refractivity contribution < 1.29 is 14.5 Å². The fourth-order valence-electron chi connectivity index (χ4n) is 3.34. The van der Waals surface area contributed by atoms with Crippen molar-refractivity contribution in [2.45, 2.75) is 37.4 Å². The average molecular weight is 333 g/mol. The molecule has 1 aliphatic heterocycles. The number of nitrogens with one attached hydrogen (secondary N) is 4. The molecular formula is C15H19N5O4. The van der Waals surface area contributed by atoms with Crippen LogP contribution in [0.3, 0.4) is 0 Å². The third-order valence-electron chi connectivity index (χ3n) is 4.64. The first-order valence-electron chi connectivity index (χ1n) is 7.86. The molecule has 128 valence electrons. The van der Waals surface area contributed by atoms with E-state index in [2.05, 4.69) is 21.7 Å². The van der Waals surface area contributed by atoms with Crippen LogP contribution in [0.5, 0.6) is 0 Å². The van der Waals surface area contributed by atoms with E-state index in [9.17, 15) is 19.7 Å². The summed E-state index contributed by atoms with van der Waals surface area (Å²) >= 11 is 0. The highest BCUT2D eigenvalue weighted by atomic mass is 16.6. The number of carbonyl (C=O) groups is 2. The van der Waals surface area contributed by atoms with Gasteiger partial charge in [-0.15, -0.1) is 0 Å². The van der Waals surface area contributed by atoms with E-state index in [0.29, 0.717) is 24.8 Å². The number of nitrogens with zero attached hydrogens (tertiary/aromatic N) is 1. The van der Waals surface area contributed by atoms with Gasteiger partial charge in [-0.1, -0.05) is 18.2 Å². The minimum absolute atomic E-state index is 0.0294. The number of rotatable bonds is 3. The van der Waals surface area contributed by atoms with Crippen LogP contribution in [0, 0.1) is 16.0 Å². The molecule has 1 aliphatic carbocycles. The van der Waals surface area contributed by atoms with Gasteiger partial charge in [0.05, 0.1) is 0 Å². The van der Waals surface area contributed by atoms with Gasteiger partial charge in [0.2, 0.25) is 6.04 Å². The van der Waals surface area contributed by atoms with E-state index in [-0.39, 0.29) is 16.9 Å². The molecule has 3 rings (SSSR count). The molecule has 24 heavy (non-hydrogen) atoms. The second-order valence-electron chi connectivity index (χ2n) is 6.10. The monoisotopic (exact) mass is 333 g/mol. The second-order valence-corrected chi connectivity index (χ2v) is 6.10. The molecule has 9 heteroatoms. The summed E-state index contributed by atoms with van der Waals surface area (Å²) in [5.41, 5.74) is 11.1. The van der Waals surface area contributed by atoms with E-state index in [0.717, 1.165) is 0 Å². The molecule has 0 aromatic heterocycles. The number of hydrogen-bond acceptors (Lipinski definition) is 6. The summed E-state index contributed by atoms with van der Waals surface area (Å²) < 4.78 is 0. The SMILES string of the molecule is O=C(NNC(=O)C1NNC2CCC([N+](=O)[O-])CC21)c1ccccc1. The second kappa shape index (κ2) is 6.93. The first-order valence-corrected chi connectivity index (χ1v) is 7.86. The molecule has 2 fully saturated rings. The standard InChI is InChI=1S/C15H19N5O4/c21-14(9-4-2-1-3-5-9)18-19-15(22)13-11-8-10(20(23)24)6-7-12(11)16-17-13/h1-5,10-13,16-17H,6-8H2,(H,18,21)(H,19,22). The lowest BCUT2D eigenvalue weighted by atomic mass is 9.79. The summed E-state index contributed by atoms with van der Waals surface area (Å²) in [5, 5.41) is 11.0. The van der Waals surface area contributed by atoms with Gasteiger partial charge in [-0.3, -0.25) is 36.0 Å². The quantitative estimate of drug-likeness (QED) is 0.446. The van der Waals surface area contributed by atoms with Crippen LogP contribution in [-0.4, -0.2) is 34.9 Å². The smallest absolute Gasteiger partial charge is 0.269 e. The van der Waals surface area contributed by atoms with E-state index in [4.69, 9.17) is 0 Å². The van der Waals surface area contributed by atoms with Crippen molar-refractivity contribution in [2.75, 3.05) is 0 Å². The first kappa shape index (κ1) is 16.3. The van der Waals surface area contributed by atoms with E-state index >= 15 is 0 Å². The third-order valence-corrected chi connectivity index (χ3v) is 4.64. The molecule has 0 radical (unpaired) electrons. The first-order chi connectivity index (χ1) is 11.6. The van der Waals surface area contributed by atoms with Gasteiger partial charge in [0, 0.05) is 35.3 Å². The summed E-state index contributed by atoms with van der Waals surface area (Å²) in [6.45, 7) is 0. The topological polar surface area (TPSA) is 125 Å². The van der Waals surface area contributed by atoms with Crippen LogP contribution < -0.4 is 21.7 Å². The Balaban J connectivity index is 1.57. The molecule has 4 atom stereocenters. The Morgan fingerprint density at radius 3 is 2.58 bits per heavy atom. The predicted octanol–water partition coefficient (Wildman–Crippen LogP) is -0.262. The van der Waals surface area contributed by atoms with Gasteiger partial charge < -0.3 is 0 Å². The van der Waals surface area contributed by atoms with Gasteiger partial charge in [0.25, 0.3) is 11.8 Å². The Morgan fingerprint density at radius 1 is 1.12 bits per heavy atom. The molecule has 0 spiro atoms. The van der Waals surface area contributed by atoms with Crippen molar-refractivity contribution in [1.82, 2.24) is 21.7 Å². The molecule has 2 amide bonds. The van der Waals surface area contributed by atoms with Gasteiger partial charge in [-0.2, -0.15) is 0 Å². The predicted molar refractivity (Wildman–Crippen MR) is 84.0 cm³/mol. The Morgan fingerprint density at radius 2 is 1.88 bits per heavy atom. The van der Waals surface area contributed by atoms with Crippen LogP contribution in [0.2, 0.25) is 0 Å². The van der Waals surface area contributed by atoms with Crippen LogP contribution in [0.15, 0.2) is 30.3 Å². The maximum absolute atomic E-state index is 12.3. The molecule has 1 saturated carbocycles. The van der Waals surface area contributed by atoms with Crippen molar-refractivity contribution in [3.05, 3.63) is 46.0 Å².